The lowest BCUT2D eigenvalue weighted by molar-refractivity contribution is 0.670. The minimum atomic E-state index is 0.846. The Labute approximate surface area is 423 Å². The summed E-state index contributed by atoms with van der Waals surface area (Å²) in [6.45, 7) is 0. The minimum Gasteiger partial charge on any atom is -0.453 e. The molecule has 2 aromatic heterocycles. The molecule has 0 radical (unpaired) electrons. The molecule has 0 bridgehead atoms. The van der Waals surface area contributed by atoms with E-state index in [1.165, 1.54) is 66.0 Å². The molecule has 0 atom stereocenters. The molecule has 3 heteroatoms. The van der Waals surface area contributed by atoms with Gasteiger partial charge < -0.3 is 13.9 Å². The maximum Gasteiger partial charge on any atom is 0.159 e. The van der Waals surface area contributed by atoms with Gasteiger partial charge in [0.15, 0.2) is 5.58 Å². The van der Waals surface area contributed by atoms with E-state index in [2.05, 4.69) is 289 Å². The van der Waals surface area contributed by atoms with E-state index in [9.17, 15) is 0 Å². The van der Waals surface area contributed by atoms with E-state index in [1.54, 1.807) is 0 Å². The van der Waals surface area contributed by atoms with Crippen molar-refractivity contribution in [3.05, 3.63) is 279 Å². The monoisotopic (exact) mass is 930 g/mol. The van der Waals surface area contributed by atoms with Gasteiger partial charge in [0.2, 0.25) is 0 Å². The second-order valence-electron chi connectivity index (χ2n) is 18.8. The summed E-state index contributed by atoms with van der Waals surface area (Å²) < 4.78 is 9.58. The molecule has 0 aliphatic rings. The normalized spacial score (nSPS) is 11.6. The zero-order valence-corrected chi connectivity index (χ0v) is 39.9. The molecule has 0 aliphatic carbocycles. The average Bonchev–Trinajstić information content (AvgIpc) is 4.04. The molecular weight excluding hydrogens is 885 g/mol. The van der Waals surface area contributed by atoms with Crippen LogP contribution in [0.25, 0.3) is 116 Å². The van der Waals surface area contributed by atoms with Crippen LogP contribution in [0.3, 0.4) is 0 Å². The van der Waals surface area contributed by atoms with Gasteiger partial charge in [0.25, 0.3) is 0 Å². The SMILES string of the molecule is c1ccc(-c2ccc(N(c3ccc(-c4ccc(-c5ccc(-c6cccc7c8ccccc8n(-c8ccccc8)c67)cc5)cc4)cc3)c3cccc4c3oc3c(-c5ccccc5)cc5ccccc5c34)cc2)cc1. The van der Waals surface area contributed by atoms with Crippen LogP contribution in [0, 0.1) is 0 Å². The van der Waals surface area contributed by atoms with Gasteiger partial charge in [0.1, 0.15) is 5.58 Å². The van der Waals surface area contributed by atoms with Crippen LogP contribution in [0.1, 0.15) is 0 Å². The predicted molar refractivity (Wildman–Crippen MR) is 307 cm³/mol. The number of nitrogens with zero attached hydrogens (tertiary/aromatic N) is 2. The lowest BCUT2D eigenvalue weighted by Crippen LogP contribution is -2.10. The van der Waals surface area contributed by atoms with Crippen LogP contribution in [-0.4, -0.2) is 4.57 Å². The molecule has 73 heavy (non-hydrogen) atoms. The van der Waals surface area contributed by atoms with Crippen molar-refractivity contribution < 1.29 is 4.42 Å². The summed E-state index contributed by atoms with van der Waals surface area (Å²) in [5, 5.41) is 7.09. The van der Waals surface area contributed by atoms with Crippen LogP contribution < -0.4 is 4.90 Å². The second-order valence-corrected chi connectivity index (χ2v) is 18.8. The number of anilines is 3. The van der Waals surface area contributed by atoms with Gasteiger partial charge in [0.05, 0.1) is 16.7 Å². The lowest BCUT2D eigenvalue weighted by Gasteiger charge is -2.26. The van der Waals surface area contributed by atoms with Crippen LogP contribution in [0.2, 0.25) is 0 Å². The molecule has 3 nitrogen and oxygen atoms in total. The third kappa shape index (κ3) is 7.29. The zero-order valence-electron chi connectivity index (χ0n) is 39.9. The van der Waals surface area contributed by atoms with Crippen LogP contribution in [-0.2, 0) is 0 Å². The standard InChI is InChI=1S/C70H46N2O/c1-4-16-47(17-5-1)51-38-42-57(43-39-51)71(66-29-15-27-63-67-59-23-11-10-20-55(59)46-64(70(67)73-69(63)66)53-18-6-2-7-19-53)58-44-40-52(41-45-58)49-32-30-48(31-33-49)50-34-36-54(37-35-50)60-25-14-26-62-61-24-12-13-28-65(61)72(68(60)62)56-21-8-3-9-22-56/h1-46H. The van der Waals surface area contributed by atoms with Crippen LogP contribution >= 0.6 is 0 Å². The first-order valence-electron chi connectivity index (χ1n) is 25.0. The number of rotatable bonds is 9. The van der Waals surface area contributed by atoms with Gasteiger partial charge in [-0.05, 0) is 110 Å². The van der Waals surface area contributed by atoms with Gasteiger partial charge in [0, 0.05) is 49.7 Å². The summed E-state index contributed by atoms with van der Waals surface area (Å²) in [7, 11) is 0. The molecule has 0 spiro atoms. The van der Waals surface area contributed by atoms with Crippen molar-refractivity contribution >= 4 is 71.6 Å². The highest BCUT2D eigenvalue weighted by molar-refractivity contribution is 6.24. The number of para-hydroxylation sites is 4. The maximum atomic E-state index is 7.17. The van der Waals surface area contributed by atoms with Crippen molar-refractivity contribution in [2.45, 2.75) is 0 Å². The zero-order chi connectivity index (χ0) is 48.2. The number of benzene rings is 12. The third-order valence-corrected chi connectivity index (χ3v) is 14.6. The number of hydrogen-bond acceptors (Lipinski definition) is 2. The quantitative estimate of drug-likeness (QED) is 0.144. The van der Waals surface area contributed by atoms with E-state index in [0.717, 1.165) is 66.9 Å². The molecule has 14 aromatic rings. The van der Waals surface area contributed by atoms with Crippen molar-refractivity contribution in [3.63, 3.8) is 0 Å². The van der Waals surface area contributed by atoms with Crippen molar-refractivity contribution in [2.24, 2.45) is 0 Å². The summed E-state index contributed by atoms with van der Waals surface area (Å²) in [4.78, 5) is 2.34. The summed E-state index contributed by atoms with van der Waals surface area (Å²) in [6, 6.07) is 100. The highest BCUT2D eigenvalue weighted by Crippen LogP contribution is 2.47. The van der Waals surface area contributed by atoms with E-state index in [0.29, 0.717) is 0 Å². The molecule has 0 aliphatic heterocycles. The summed E-state index contributed by atoms with van der Waals surface area (Å²) in [5.41, 5.74) is 20.0. The summed E-state index contributed by atoms with van der Waals surface area (Å²) >= 11 is 0. The van der Waals surface area contributed by atoms with Gasteiger partial charge in [-0.25, -0.2) is 0 Å². The molecule has 342 valence electrons. The maximum absolute atomic E-state index is 7.17. The molecule has 0 amide bonds. The lowest BCUT2D eigenvalue weighted by atomic mass is 9.96. The first kappa shape index (κ1) is 42.2. The van der Waals surface area contributed by atoms with Crippen LogP contribution in [0.5, 0.6) is 0 Å². The Morgan fingerprint density at radius 3 is 1.38 bits per heavy atom. The molecule has 12 aromatic carbocycles. The van der Waals surface area contributed by atoms with Gasteiger partial charge in [-0.2, -0.15) is 0 Å². The molecule has 0 unspecified atom stereocenters. The Morgan fingerprint density at radius 2 is 0.753 bits per heavy atom. The van der Waals surface area contributed by atoms with Crippen molar-refractivity contribution in [2.75, 3.05) is 4.90 Å². The van der Waals surface area contributed by atoms with E-state index in [1.807, 2.05) is 0 Å². The Hall–Kier alpha value is -9.70. The second kappa shape index (κ2) is 17.6. The van der Waals surface area contributed by atoms with E-state index in [4.69, 9.17) is 4.42 Å². The number of hydrogen-bond donors (Lipinski definition) is 0. The number of furan rings is 1. The Balaban J connectivity index is 0.817. The number of aromatic nitrogens is 1. The summed E-state index contributed by atoms with van der Waals surface area (Å²) in [5.74, 6) is 0. The highest BCUT2D eigenvalue weighted by atomic mass is 16.3. The van der Waals surface area contributed by atoms with Gasteiger partial charge in [-0.15, -0.1) is 0 Å². The first-order chi connectivity index (χ1) is 36.2. The Bertz CT molecular complexity index is 4310. The predicted octanol–water partition coefficient (Wildman–Crippen LogP) is 19.6. The minimum absolute atomic E-state index is 0.846. The Kier molecular flexibility index (Phi) is 10.2. The first-order valence-corrected chi connectivity index (χ1v) is 25.0. The third-order valence-electron chi connectivity index (χ3n) is 14.6. The molecule has 2 heterocycles. The molecule has 0 N–H and O–H groups in total. The Morgan fingerprint density at radius 1 is 0.301 bits per heavy atom. The van der Waals surface area contributed by atoms with Gasteiger partial charge in [-0.3, -0.25) is 0 Å². The van der Waals surface area contributed by atoms with Gasteiger partial charge >= 0.3 is 0 Å². The van der Waals surface area contributed by atoms with E-state index in [-0.39, 0.29) is 0 Å². The van der Waals surface area contributed by atoms with Crippen molar-refractivity contribution in [3.8, 4) is 61.3 Å². The molecule has 0 saturated carbocycles. The fourth-order valence-electron chi connectivity index (χ4n) is 11.1. The van der Waals surface area contributed by atoms with Crippen molar-refractivity contribution in [1.29, 1.82) is 0 Å². The van der Waals surface area contributed by atoms with E-state index < -0.39 is 0 Å². The molecular formula is C70H46N2O. The fraction of sp³-hybridized carbons (Fsp3) is 0. The van der Waals surface area contributed by atoms with Crippen molar-refractivity contribution in [1.82, 2.24) is 4.57 Å². The highest BCUT2D eigenvalue weighted by Gasteiger charge is 2.23. The largest absolute Gasteiger partial charge is 0.453 e. The topological polar surface area (TPSA) is 21.3 Å². The smallest absolute Gasteiger partial charge is 0.159 e. The fourth-order valence-corrected chi connectivity index (χ4v) is 11.1. The van der Waals surface area contributed by atoms with E-state index >= 15 is 0 Å². The van der Waals surface area contributed by atoms with Crippen LogP contribution in [0.4, 0.5) is 17.1 Å². The average molecular weight is 931 g/mol. The molecule has 0 fully saturated rings. The summed E-state index contributed by atoms with van der Waals surface area (Å²) in [6.07, 6.45) is 0. The van der Waals surface area contributed by atoms with Crippen LogP contribution in [0.15, 0.2) is 283 Å². The molecule has 14 rings (SSSR count). The number of fused-ring (bicyclic) bond motifs is 8. The van der Waals surface area contributed by atoms with Gasteiger partial charge in [-0.1, -0.05) is 224 Å². The molecule has 0 saturated heterocycles.